The number of benzene rings is 1. The molecular formula is C11H9F5O4. The van der Waals surface area contributed by atoms with E-state index in [1.165, 1.54) is 6.92 Å². The van der Waals surface area contributed by atoms with E-state index >= 15 is 0 Å². The molecule has 0 atom stereocenters. The maximum atomic E-state index is 12.1. The Morgan fingerprint density at radius 3 is 2.40 bits per heavy atom. The number of hydrogen-bond donors (Lipinski definition) is 0. The number of alkyl halides is 5. The fraction of sp³-hybridized carbons (Fsp3) is 0.364. The van der Waals surface area contributed by atoms with E-state index in [4.69, 9.17) is 0 Å². The molecule has 0 heterocycles. The number of carbonyl (C=O) groups excluding carboxylic acids is 1. The quantitative estimate of drug-likeness (QED) is 0.618. The molecule has 20 heavy (non-hydrogen) atoms. The standard InChI is InChI=1S/C11H9F5O4/c1-2-18-9(17)6-3-4-7(20-11(14,15)16)8(5-6)19-10(12)13/h3-5,10H,2H2,1H3. The second-order valence-electron chi connectivity index (χ2n) is 3.31. The van der Waals surface area contributed by atoms with Crippen LogP contribution in [0.2, 0.25) is 0 Å². The largest absolute Gasteiger partial charge is 0.573 e. The zero-order chi connectivity index (χ0) is 15.3. The van der Waals surface area contributed by atoms with Gasteiger partial charge in [0, 0.05) is 0 Å². The van der Waals surface area contributed by atoms with Gasteiger partial charge in [0.25, 0.3) is 0 Å². The fourth-order valence-corrected chi connectivity index (χ4v) is 1.25. The predicted octanol–water partition coefficient (Wildman–Crippen LogP) is 3.36. The molecule has 0 radical (unpaired) electrons. The van der Waals surface area contributed by atoms with Gasteiger partial charge in [-0.3, -0.25) is 0 Å². The third-order valence-electron chi connectivity index (χ3n) is 1.90. The van der Waals surface area contributed by atoms with Gasteiger partial charge >= 0.3 is 18.9 Å². The Morgan fingerprint density at radius 2 is 1.90 bits per heavy atom. The Hall–Kier alpha value is -2.06. The van der Waals surface area contributed by atoms with Crippen molar-refractivity contribution in [1.82, 2.24) is 0 Å². The minimum absolute atomic E-state index is 0.0185. The highest BCUT2D eigenvalue weighted by Gasteiger charge is 2.33. The summed E-state index contributed by atoms with van der Waals surface area (Å²) in [4.78, 5) is 11.4. The van der Waals surface area contributed by atoms with Gasteiger partial charge in [-0.05, 0) is 25.1 Å². The van der Waals surface area contributed by atoms with Gasteiger partial charge in [0.15, 0.2) is 11.5 Å². The molecule has 0 aliphatic rings. The van der Waals surface area contributed by atoms with Crippen molar-refractivity contribution in [3.05, 3.63) is 23.8 Å². The van der Waals surface area contributed by atoms with Crippen molar-refractivity contribution in [2.75, 3.05) is 6.61 Å². The van der Waals surface area contributed by atoms with Gasteiger partial charge in [-0.2, -0.15) is 8.78 Å². The van der Waals surface area contributed by atoms with Crippen molar-refractivity contribution in [2.45, 2.75) is 19.9 Å². The van der Waals surface area contributed by atoms with Crippen LogP contribution in [0.3, 0.4) is 0 Å². The van der Waals surface area contributed by atoms with Gasteiger partial charge in [-0.15, -0.1) is 13.2 Å². The highest BCUT2D eigenvalue weighted by molar-refractivity contribution is 5.90. The number of ether oxygens (including phenoxy) is 3. The highest BCUT2D eigenvalue weighted by atomic mass is 19.4. The van der Waals surface area contributed by atoms with E-state index in [2.05, 4.69) is 14.2 Å². The molecule has 0 saturated carbocycles. The zero-order valence-corrected chi connectivity index (χ0v) is 10.0. The molecule has 0 aliphatic carbocycles. The Balaban J connectivity index is 3.09. The first kappa shape index (κ1) is 16.0. The van der Waals surface area contributed by atoms with Crippen LogP contribution in [-0.2, 0) is 4.74 Å². The lowest BCUT2D eigenvalue weighted by molar-refractivity contribution is -0.275. The zero-order valence-electron chi connectivity index (χ0n) is 10.0. The third-order valence-corrected chi connectivity index (χ3v) is 1.90. The first-order valence-corrected chi connectivity index (χ1v) is 5.24. The fourth-order valence-electron chi connectivity index (χ4n) is 1.25. The summed E-state index contributed by atoms with van der Waals surface area (Å²) in [5.74, 6) is -2.78. The Labute approximate surface area is 110 Å². The second-order valence-corrected chi connectivity index (χ2v) is 3.31. The molecule has 0 aromatic heterocycles. The SMILES string of the molecule is CCOC(=O)c1ccc(OC(F)(F)F)c(OC(F)F)c1. The lowest BCUT2D eigenvalue weighted by atomic mass is 10.2. The van der Waals surface area contributed by atoms with E-state index in [1.54, 1.807) is 0 Å². The molecule has 0 unspecified atom stereocenters. The smallest absolute Gasteiger partial charge is 0.462 e. The van der Waals surface area contributed by atoms with Crippen molar-refractivity contribution in [1.29, 1.82) is 0 Å². The molecule has 4 nitrogen and oxygen atoms in total. The van der Waals surface area contributed by atoms with E-state index in [1.807, 2.05) is 0 Å². The second kappa shape index (κ2) is 6.40. The molecule has 0 spiro atoms. The van der Waals surface area contributed by atoms with Crippen LogP contribution < -0.4 is 9.47 Å². The van der Waals surface area contributed by atoms with Crippen molar-refractivity contribution >= 4 is 5.97 Å². The number of rotatable bonds is 5. The maximum absolute atomic E-state index is 12.1. The number of esters is 1. The first-order chi connectivity index (χ1) is 9.23. The van der Waals surface area contributed by atoms with Crippen molar-refractivity contribution < 1.29 is 41.0 Å². The summed E-state index contributed by atoms with van der Waals surface area (Å²) in [6.45, 7) is -1.84. The number of carbonyl (C=O) groups is 1. The molecule has 1 aromatic carbocycles. The number of halogens is 5. The molecule has 0 fully saturated rings. The topological polar surface area (TPSA) is 44.8 Å². The van der Waals surface area contributed by atoms with Crippen LogP contribution in [0, 0.1) is 0 Å². The first-order valence-electron chi connectivity index (χ1n) is 5.24. The Bertz CT molecular complexity index is 472. The summed E-state index contributed by atoms with van der Waals surface area (Å²) >= 11 is 0. The predicted molar refractivity (Wildman–Crippen MR) is 55.7 cm³/mol. The van der Waals surface area contributed by atoms with E-state index in [0.29, 0.717) is 12.1 Å². The van der Waals surface area contributed by atoms with Gasteiger partial charge in [0.2, 0.25) is 0 Å². The summed E-state index contributed by atoms with van der Waals surface area (Å²) in [6, 6.07) is 2.32. The highest BCUT2D eigenvalue weighted by Crippen LogP contribution is 2.34. The molecule has 1 rings (SSSR count). The third kappa shape index (κ3) is 4.90. The summed E-state index contributed by atoms with van der Waals surface area (Å²) < 4.78 is 72.5. The van der Waals surface area contributed by atoms with Gasteiger partial charge in [-0.25, -0.2) is 4.79 Å². The number of hydrogen-bond acceptors (Lipinski definition) is 4. The Kier molecular flexibility index (Phi) is 5.12. The normalized spacial score (nSPS) is 11.3. The molecule has 0 saturated heterocycles. The average Bonchev–Trinajstić information content (AvgIpc) is 2.29. The molecule has 9 heteroatoms. The molecule has 0 N–H and O–H groups in total. The minimum Gasteiger partial charge on any atom is -0.462 e. The molecule has 0 bridgehead atoms. The van der Waals surface area contributed by atoms with Crippen LogP contribution in [0.5, 0.6) is 11.5 Å². The minimum atomic E-state index is -5.08. The average molecular weight is 300 g/mol. The van der Waals surface area contributed by atoms with Crippen LogP contribution in [0.15, 0.2) is 18.2 Å². The van der Waals surface area contributed by atoms with Crippen LogP contribution in [-0.4, -0.2) is 25.6 Å². The van der Waals surface area contributed by atoms with E-state index < -0.39 is 30.4 Å². The van der Waals surface area contributed by atoms with Crippen molar-refractivity contribution in [2.24, 2.45) is 0 Å². The molecular weight excluding hydrogens is 291 g/mol. The van der Waals surface area contributed by atoms with Gasteiger partial charge in [0.05, 0.1) is 12.2 Å². The summed E-state index contributed by atoms with van der Waals surface area (Å²) in [7, 11) is 0. The van der Waals surface area contributed by atoms with Crippen LogP contribution in [0.1, 0.15) is 17.3 Å². The van der Waals surface area contributed by atoms with E-state index in [-0.39, 0.29) is 12.2 Å². The summed E-state index contributed by atoms with van der Waals surface area (Å²) in [5, 5.41) is 0. The molecule has 1 aromatic rings. The van der Waals surface area contributed by atoms with Crippen LogP contribution in [0.25, 0.3) is 0 Å². The van der Waals surface area contributed by atoms with Gasteiger partial charge < -0.3 is 14.2 Å². The van der Waals surface area contributed by atoms with Gasteiger partial charge in [0.1, 0.15) is 0 Å². The lowest BCUT2D eigenvalue weighted by Gasteiger charge is -2.14. The summed E-state index contributed by atoms with van der Waals surface area (Å²) in [6.07, 6.45) is -5.08. The monoisotopic (exact) mass is 300 g/mol. The van der Waals surface area contributed by atoms with E-state index in [9.17, 15) is 26.7 Å². The van der Waals surface area contributed by atoms with Crippen LogP contribution >= 0.6 is 0 Å². The van der Waals surface area contributed by atoms with Crippen molar-refractivity contribution in [3.63, 3.8) is 0 Å². The lowest BCUT2D eigenvalue weighted by Crippen LogP contribution is -2.18. The molecule has 112 valence electrons. The summed E-state index contributed by atoms with van der Waals surface area (Å²) in [5.41, 5.74) is -0.239. The van der Waals surface area contributed by atoms with Crippen molar-refractivity contribution in [3.8, 4) is 11.5 Å². The van der Waals surface area contributed by atoms with Crippen LogP contribution in [0.4, 0.5) is 22.0 Å². The molecule has 0 aliphatic heterocycles. The Morgan fingerprint density at radius 1 is 1.25 bits per heavy atom. The van der Waals surface area contributed by atoms with Gasteiger partial charge in [-0.1, -0.05) is 0 Å². The van der Waals surface area contributed by atoms with E-state index in [0.717, 1.165) is 6.07 Å². The maximum Gasteiger partial charge on any atom is 0.573 e. The molecule has 0 amide bonds.